The summed E-state index contributed by atoms with van der Waals surface area (Å²) in [5.74, 6) is 0.183. The van der Waals surface area contributed by atoms with Gasteiger partial charge in [0.1, 0.15) is 5.75 Å². The fourth-order valence-corrected chi connectivity index (χ4v) is 1.73. The van der Waals surface area contributed by atoms with Crippen molar-refractivity contribution in [3.63, 3.8) is 0 Å². The van der Waals surface area contributed by atoms with E-state index < -0.39 is 0 Å². The van der Waals surface area contributed by atoms with E-state index in [1.807, 2.05) is 13.8 Å². The van der Waals surface area contributed by atoms with Crippen LogP contribution in [0, 0.1) is 0 Å². The smallest absolute Gasteiger partial charge is 0.251 e. The highest BCUT2D eigenvalue weighted by Crippen LogP contribution is 2.26. The van der Waals surface area contributed by atoms with Crippen molar-refractivity contribution in [2.45, 2.75) is 26.9 Å². The van der Waals surface area contributed by atoms with E-state index in [-0.39, 0.29) is 17.9 Å². The van der Waals surface area contributed by atoms with Gasteiger partial charge < -0.3 is 15.4 Å². The van der Waals surface area contributed by atoms with E-state index in [2.05, 4.69) is 10.6 Å². The molecule has 0 heterocycles. The number of benzene rings is 1. The molecule has 1 aromatic rings. The Kier molecular flexibility index (Phi) is 6.31. The Morgan fingerprint density at radius 2 is 1.90 bits per heavy atom. The summed E-state index contributed by atoms with van der Waals surface area (Å²) in [5, 5.41) is 5.68. The molecule has 0 fully saturated rings. The van der Waals surface area contributed by atoms with Crippen molar-refractivity contribution in [1.29, 1.82) is 0 Å². The zero-order valence-corrected chi connectivity index (χ0v) is 12.6. The molecular formula is C14H19ClN2O3. The van der Waals surface area contributed by atoms with Gasteiger partial charge in [-0.15, -0.1) is 0 Å². The molecule has 5 nitrogen and oxygen atoms in total. The lowest BCUT2D eigenvalue weighted by atomic mass is 10.2. The third-order valence-corrected chi connectivity index (χ3v) is 2.64. The highest BCUT2D eigenvalue weighted by molar-refractivity contribution is 6.32. The highest BCUT2D eigenvalue weighted by Gasteiger charge is 2.10. The monoisotopic (exact) mass is 298 g/mol. The lowest BCUT2D eigenvalue weighted by Crippen LogP contribution is -2.33. The molecule has 1 rings (SSSR count). The minimum absolute atomic E-state index is 0.0184. The fraction of sp³-hybridized carbons (Fsp3) is 0.429. The second kappa shape index (κ2) is 7.75. The summed E-state index contributed by atoms with van der Waals surface area (Å²) < 4.78 is 5.49. The minimum atomic E-state index is -0.242. The van der Waals surface area contributed by atoms with Gasteiger partial charge in [-0.3, -0.25) is 9.59 Å². The van der Waals surface area contributed by atoms with Crippen LogP contribution in [0.4, 0.5) is 0 Å². The van der Waals surface area contributed by atoms with Crippen molar-refractivity contribution < 1.29 is 14.3 Å². The van der Waals surface area contributed by atoms with Gasteiger partial charge in [-0.25, -0.2) is 0 Å². The van der Waals surface area contributed by atoms with Crippen molar-refractivity contribution in [1.82, 2.24) is 10.6 Å². The molecule has 0 saturated carbocycles. The maximum absolute atomic E-state index is 11.9. The quantitative estimate of drug-likeness (QED) is 0.789. The van der Waals surface area contributed by atoms with Crippen molar-refractivity contribution in [3.8, 4) is 5.75 Å². The van der Waals surface area contributed by atoms with Crippen LogP contribution >= 0.6 is 11.6 Å². The molecule has 0 aliphatic heterocycles. The molecule has 0 radical (unpaired) electrons. The van der Waals surface area contributed by atoms with E-state index in [9.17, 15) is 9.59 Å². The molecule has 0 aliphatic rings. The Morgan fingerprint density at radius 1 is 1.25 bits per heavy atom. The van der Waals surface area contributed by atoms with Gasteiger partial charge in [0.05, 0.1) is 11.1 Å². The number of halogens is 1. The first-order chi connectivity index (χ1) is 9.40. The van der Waals surface area contributed by atoms with Crippen LogP contribution < -0.4 is 15.4 Å². The summed E-state index contributed by atoms with van der Waals surface area (Å²) in [7, 11) is 0. The van der Waals surface area contributed by atoms with E-state index in [0.29, 0.717) is 29.4 Å². The standard InChI is InChI=1S/C14H19ClN2O3/c1-9(2)20-13-5-4-11(8-12(13)15)14(19)17-7-6-16-10(3)18/h4-5,8-9H,6-7H2,1-3H3,(H,16,18)(H,17,19). The lowest BCUT2D eigenvalue weighted by molar-refractivity contribution is -0.118. The topological polar surface area (TPSA) is 67.4 Å². The predicted molar refractivity (Wildman–Crippen MR) is 78.2 cm³/mol. The Labute approximate surface area is 123 Å². The summed E-state index contributed by atoms with van der Waals surface area (Å²) >= 11 is 6.06. The van der Waals surface area contributed by atoms with Gasteiger partial charge in [-0.2, -0.15) is 0 Å². The zero-order chi connectivity index (χ0) is 15.1. The van der Waals surface area contributed by atoms with Crippen LogP contribution in [0.15, 0.2) is 18.2 Å². The number of hydrogen-bond acceptors (Lipinski definition) is 3. The number of nitrogens with one attached hydrogen (secondary N) is 2. The van der Waals surface area contributed by atoms with E-state index in [4.69, 9.17) is 16.3 Å². The van der Waals surface area contributed by atoms with Crippen LogP contribution in [-0.2, 0) is 4.79 Å². The highest BCUT2D eigenvalue weighted by atomic mass is 35.5. The van der Waals surface area contributed by atoms with Crippen molar-refractivity contribution >= 4 is 23.4 Å². The molecule has 2 N–H and O–H groups in total. The molecule has 0 spiro atoms. The van der Waals surface area contributed by atoms with Crippen LogP contribution in [0.2, 0.25) is 5.02 Å². The third kappa shape index (κ3) is 5.48. The number of amides is 2. The van der Waals surface area contributed by atoms with Gasteiger partial charge in [0.2, 0.25) is 5.91 Å². The van der Waals surface area contributed by atoms with Crippen LogP contribution in [0.1, 0.15) is 31.1 Å². The Bertz CT molecular complexity index is 489. The van der Waals surface area contributed by atoms with Crippen molar-refractivity contribution in [2.75, 3.05) is 13.1 Å². The average Bonchev–Trinajstić information content (AvgIpc) is 2.36. The molecule has 110 valence electrons. The molecule has 2 amide bonds. The van der Waals surface area contributed by atoms with Gasteiger partial charge in [0.15, 0.2) is 0 Å². The lowest BCUT2D eigenvalue weighted by Gasteiger charge is -2.12. The number of ether oxygens (including phenoxy) is 1. The summed E-state index contributed by atoms with van der Waals surface area (Å²) in [6.45, 7) is 5.98. The van der Waals surface area contributed by atoms with Crippen LogP contribution in [0.3, 0.4) is 0 Å². The molecule has 1 aromatic carbocycles. The molecule has 0 atom stereocenters. The van der Waals surface area contributed by atoms with Gasteiger partial charge in [0, 0.05) is 25.6 Å². The van der Waals surface area contributed by atoms with Gasteiger partial charge in [-0.1, -0.05) is 11.6 Å². The second-order valence-electron chi connectivity index (χ2n) is 4.55. The Hall–Kier alpha value is -1.75. The minimum Gasteiger partial charge on any atom is -0.489 e. The zero-order valence-electron chi connectivity index (χ0n) is 11.8. The molecule has 6 heteroatoms. The molecular weight excluding hydrogens is 280 g/mol. The average molecular weight is 299 g/mol. The molecule has 0 aliphatic carbocycles. The first-order valence-electron chi connectivity index (χ1n) is 6.39. The Morgan fingerprint density at radius 3 is 2.45 bits per heavy atom. The van der Waals surface area contributed by atoms with E-state index >= 15 is 0 Å². The predicted octanol–water partition coefficient (Wildman–Crippen LogP) is 1.99. The summed E-state index contributed by atoms with van der Waals surface area (Å²) in [4.78, 5) is 22.5. The summed E-state index contributed by atoms with van der Waals surface area (Å²) in [6, 6.07) is 4.88. The van der Waals surface area contributed by atoms with Gasteiger partial charge in [-0.05, 0) is 32.0 Å². The van der Waals surface area contributed by atoms with Crippen LogP contribution in [0.25, 0.3) is 0 Å². The fourth-order valence-electron chi connectivity index (χ4n) is 1.51. The second-order valence-corrected chi connectivity index (χ2v) is 4.96. The molecule has 0 saturated heterocycles. The molecule has 0 unspecified atom stereocenters. The number of carbonyl (C=O) groups is 2. The first-order valence-corrected chi connectivity index (χ1v) is 6.76. The Balaban J connectivity index is 2.56. The molecule has 20 heavy (non-hydrogen) atoms. The normalized spacial score (nSPS) is 10.2. The summed E-state index contributed by atoms with van der Waals surface area (Å²) in [5.41, 5.74) is 0.453. The number of rotatable bonds is 6. The number of hydrogen-bond donors (Lipinski definition) is 2. The summed E-state index contributed by atoms with van der Waals surface area (Å²) in [6.07, 6.45) is 0.0184. The first kappa shape index (κ1) is 16.3. The van der Waals surface area contributed by atoms with Gasteiger partial charge >= 0.3 is 0 Å². The largest absolute Gasteiger partial charge is 0.489 e. The van der Waals surface area contributed by atoms with E-state index in [1.54, 1.807) is 18.2 Å². The van der Waals surface area contributed by atoms with Crippen molar-refractivity contribution in [3.05, 3.63) is 28.8 Å². The van der Waals surface area contributed by atoms with Crippen LogP contribution in [0.5, 0.6) is 5.75 Å². The molecule has 0 aromatic heterocycles. The third-order valence-electron chi connectivity index (χ3n) is 2.34. The van der Waals surface area contributed by atoms with E-state index in [0.717, 1.165) is 0 Å². The molecule has 0 bridgehead atoms. The SMILES string of the molecule is CC(=O)NCCNC(=O)c1ccc(OC(C)C)c(Cl)c1. The number of carbonyl (C=O) groups excluding carboxylic acids is 2. The van der Waals surface area contributed by atoms with Crippen LogP contribution in [-0.4, -0.2) is 31.0 Å². The van der Waals surface area contributed by atoms with Crippen molar-refractivity contribution in [2.24, 2.45) is 0 Å². The van der Waals surface area contributed by atoms with E-state index in [1.165, 1.54) is 6.92 Å². The van der Waals surface area contributed by atoms with Gasteiger partial charge in [0.25, 0.3) is 5.91 Å². The maximum atomic E-state index is 11.9. The maximum Gasteiger partial charge on any atom is 0.251 e.